The first-order valence-corrected chi connectivity index (χ1v) is 15.9. The first-order chi connectivity index (χ1) is 21.9. The zero-order chi connectivity index (χ0) is 30.4. The van der Waals surface area contributed by atoms with Gasteiger partial charge in [0.15, 0.2) is 5.82 Å². The Balaban J connectivity index is 1.19. The number of H-pyrrole nitrogens is 1. The van der Waals surface area contributed by atoms with E-state index in [0.717, 1.165) is 31.4 Å². The van der Waals surface area contributed by atoms with Gasteiger partial charge in [-0.2, -0.15) is 15.1 Å². The maximum Gasteiger partial charge on any atom is 0.407 e. The smallest absolute Gasteiger partial charge is 0.407 e. The van der Waals surface area contributed by atoms with Gasteiger partial charge in [-0.15, -0.1) is 0 Å². The summed E-state index contributed by atoms with van der Waals surface area (Å²) in [6.07, 6.45) is 4.86. The minimum Gasteiger partial charge on any atom is -0.461 e. The Morgan fingerprint density at radius 3 is 2.98 bits per heavy atom. The van der Waals surface area contributed by atoms with Crippen LogP contribution in [0.1, 0.15) is 37.2 Å². The molecule has 1 aliphatic carbocycles. The molecule has 14 heteroatoms. The van der Waals surface area contributed by atoms with Crippen molar-refractivity contribution in [2.75, 3.05) is 50.8 Å². The standard InChI is InChI=1S/C31H31ClF2N8O3/c32-21-5-22-19(9-37-40-22)24-23(21)18-4-16(18)13-44-30(43)36-7-15-10-41(11-15)28-20-8-35-27(24)25(34)26(20)38-29(39-28)45-14-31-2-1-3-42(31)12-17(33)6-31/h5,8-9,15-18H,1-4,6-7,10-14H2,(H,36,43)(H,37,40)/t16?,17-,18?,31?/m1/s1. The quantitative estimate of drug-likeness (QED) is 0.332. The van der Waals surface area contributed by atoms with Crippen LogP contribution in [0.4, 0.5) is 19.4 Å². The first-order valence-electron chi connectivity index (χ1n) is 15.6. The molecule has 45 heavy (non-hydrogen) atoms. The molecule has 4 aromatic rings. The molecule has 3 aromatic heterocycles. The number of hydrogen-bond donors (Lipinski definition) is 2. The summed E-state index contributed by atoms with van der Waals surface area (Å²) < 4.78 is 43.2. The number of rotatable bonds is 3. The largest absolute Gasteiger partial charge is 0.461 e. The summed E-state index contributed by atoms with van der Waals surface area (Å²) in [7, 11) is 0. The number of fused-ring (bicyclic) bond motifs is 2. The van der Waals surface area contributed by atoms with E-state index >= 15 is 4.39 Å². The molecule has 234 valence electrons. The second-order valence-corrected chi connectivity index (χ2v) is 13.6. The van der Waals surface area contributed by atoms with Crippen molar-refractivity contribution in [1.29, 1.82) is 0 Å². The lowest BCUT2D eigenvalue weighted by atomic mass is 9.94. The summed E-state index contributed by atoms with van der Waals surface area (Å²) in [4.78, 5) is 30.7. The van der Waals surface area contributed by atoms with E-state index in [4.69, 9.17) is 26.1 Å². The Morgan fingerprint density at radius 2 is 2.09 bits per heavy atom. The Labute approximate surface area is 261 Å². The van der Waals surface area contributed by atoms with Crippen LogP contribution in [0.15, 0.2) is 18.5 Å². The van der Waals surface area contributed by atoms with Crippen LogP contribution in [0.25, 0.3) is 33.1 Å². The van der Waals surface area contributed by atoms with Crippen LogP contribution >= 0.6 is 11.6 Å². The van der Waals surface area contributed by atoms with E-state index in [-0.39, 0.29) is 48.2 Å². The SMILES string of the molecule is O=C1NCC2CN(C2)c2nc(OCC34CCCN3C[C@H](F)C4)nc3c(F)c(ncc23)-c2c(c(Cl)cc3[nH]ncc23)C2CC2CO1. The second-order valence-electron chi connectivity index (χ2n) is 13.2. The Bertz CT molecular complexity index is 1870. The average Bonchev–Trinajstić information content (AvgIpc) is 3.25. The van der Waals surface area contributed by atoms with Gasteiger partial charge in [0.05, 0.1) is 29.2 Å². The van der Waals surface area contributed by atoms with E-state index < -0.39 is 23.6 Å². The molecular formula is C31H31ClF2N8O3. The van der Waals surface area contributed by atoms with Crippen LogP contribution in [0.3, 0.4) is 0 Å². The maximum atomic E-state index is 16.9. The molecule has 4 fully saturated rings. The molecule has 1 amide bonds. The number of aromatic nitrogens is 5. The molecule has 3 saturated heterocycles. The number of alkyl halides is 1. The number of benzene rings is 1. The maximum absolute atomic E-state index is 16.9. The fourth-order valence-corrected chi connectivity index (χ4v) is 8.30. The number of amides is 1. The number of aromatic amines is 1. The van der Waals surface area contributed by atoms with Crippen molar-refractivity contribution >= 4 is 45.3 Å². The van der Waals surface area contributed by atoms with Crippen molar-refractivity contribution in [2.45, 2.75) is 43.3 Å². The number of halogens is 3. The van der Waals surface area contributed by atoms with Crippen LogP contribution in [0, 0.1) is 17.7 Å². The van der Waals surface area contributed by atoms with Crippen LogP contribution in [-0.4, -0.2) is 93.8 Å². The predicted molar refractivity (Wildman–Crippen MR) is 162 cm³/mol. The molecule has 1 saturated carbocycles. The van der Waals surface area contributed by atoms with Gasteiger partial charge < -0.3 is 19.7 Å². The van der Waals surface area contributed by atoms with Crippen molar-refractivity contribution in [1.82, 2.24) is 35.4 Å². The highest BCUT2D eigenvalue weighted by molar-refractivity contribution is 6.33. The molecule has 0 radical (unpaired) electrons. The first kappa shape index (κ1) is 27.5. The third-order valence-corrected chi connectivity index (χ3v) is 10.7. The third kappa shape index (κ3) is 4.41. The summed E-state index contributed by atoms with van der Waals surface area (Å²) in [5.41, 5.74) is 1.73. The summed E-state index contributed by atoms with van der Waals surface area (Å²) >= 11 is 6.86. The second kappa shape index (κ2) is 10.1. The monoisotopic (exact) mass is 636 g/mol. The van der Waals surface area contributed by atoms with Gasteiger partial charge in [0, 0.05) is 66.6 Å². The lowest BCUT2D eigenvalue weighted by molar-refractivity contribution is 0.107. The fraction of sp³-hybridized carbons (Fsp3) is 0.516. The molecule has 0 spiro atoms. The number of carbonyl (C=O) groups excluding carboxylic acids is 1. The summed E-state index contributed by atoms with van der Waals surface area (Å²) in [5, 5.41) is 11.6. The van der Waals surface area contributed by atoms with Crippen molar-refractivity contribution in [3.05, 3.63) is 34.9 Å². The summed E-state index contributed by atoms with van der Waals surface area (Å²) in [6.45, 7) is 3.33. The molecule has 1 aromatic carbocycles. The zero-order valence-corrected chi connectivity index (χ0v) is 25.1. The number of alkyl carbamates (subject to hydrolysis) is 1. The number of hydrogen-bond acceptors (Lipinski definition) is 9. The highest BCUT2D eigenvalue weighted by Gasteiger charge is 2.49. The Hall–Kier alpha value is -3.84. The minimum absolute atomic E-state index is 0.0395. The average molecular weight is 637 g/mol. The van der Waals surface area contributed by atoms with Crippen molar-refractivity contribution in [3.63, 3.8) is 0 Å². The highest BCUT2D eigenvalue weighted by atomic mass is 35.5. The van der Waals surface area contributed by atoms with Gasteiger partial charge in [0.2, 0.25) is 0 Å². The van der Waals surface area contributed by atoms with E-state index in [9.17, 15) is 9.18 Å². The molecule has 6 aliphatic heterocycles. The molecule has 6 bridgehead atoms. The van der Waals surface area contributed by atoms with Crippen LogP contribution < -0.4 is 15.0 Å². The van der Waals surface area contributed by atoms with Crippen molar-refractivity contribution in [3.8, 4) is 17.3 Å². The van der Waals surface area contributed by atoms with Gasteiger partial charge in [-0.05, 0) is 43.4 Å². The molecule has 4 atom stereocenters. The van der Waals surface area contributed by atoms with E-state index in [2.05, 4.69) is 30.4 Å². The van der Waals surface area contributed by atoms with Crippen LogP contribution in [0.2, 0.25) is 5.02 Å². The van der Waals surface area contributed by atoms with Gasteiger partial charge in [-0.25, -0.2) is 13.6 Å². The molecule has 3 unspecified atom stereocenters. The molecule has 2 N–H and O–H groups in total. The van der Waals surface area contributed by atoms with E-state index in [1.54, 1.807) is 18.5 Å². The highest BCUT2D eigenvalue weighted by Crippen LogP contribution is 2.54. The van der Waals surface area contributed by atoms with Crippen LogP contribution in [0.5, 0.6) is 6.01 Å². The number of carbonyl (C=O) groups is 1. The van der Waals surface area contributed by atoms with Gasteiger partial charge in [0.1, 0.15) is 29.8 Å². The summed E-state index contributed by atoms with van der Waals surface area (Å²) in [6, 6.07) is 1.83. The van der Waals surface area contributed by atoms with E-state index in [1.165, 1.54) is 0 Å². The number of nitrogens with zero attached hydrogens (tertiary/aromatic N) is 6. The molecule has 7 aliphatic rings. The van der Waals surface area contributed by atoms with Gasteiger partial charge in [-0.1, -0.05) is 11.6 Å². The molecule has 11 nitrogen and oxygen atoms in total. The number of pyridine rings is 1. The summed E-state index contributed by atoms with van der Waals surface area (Å²) in [5.74, 6) is 0.0532. The lowest BCUT2D eigenvalue weighted by Gasteiger charge is -2.40. The molecule has 11 rings (SSSR count). The topological polar surface area (TPSA) is 121 Å². The predicted octanol–water partition coefficient (Wildman–Crippen LogP) is 4.60. The third-order valence-electron chi connectivity index (χ3n) is 10.4. The van der Waals surface area contributed by atoms with Crippen LogP contribution in [-0.2, 0) is 4.74 Å². The van der Waals surface area contributed by atoms with Gasteiger partial charge in [0.25, 0.3) is 0 Å². The number of anilines is 1. The fourth-order valence-electron chi connectivity index (χ4n) is 7.96. The van der Waals surface area contributed by atoms with Crippen molar-refractivity contribution < 1.29 is 23.0 Å². The Kier molecular flexibility index (Phi) is 6.15. The lowest BCUT2D eigenvalue weighted by Crippen LogP contribution is -2.52. The van der Waals surface area contributed by atoms with Gasteiger partial charge >= 0.3 is 12.1 Å². The van der Waals surface area contributed by atoms with Crippen molar-refractivity contribution in [2.24, 2.45) is 11.8 Å². The molecule has 9 heterocycles. The number of nitrogens with one attached hydrogen (secondary N) is 2. The Morgan fingerprint density at radius 1 is 1.20 bits per heavy atom. The normalized spacial score (nSPS) is 29.2. The van der Waals surface area contributed by atoms with E-state index in [1.807, 2.05) is 4.90 Å². The number of ether oxygens (including phenoxy) is 2. The minimum atomic E-state index is -0.897. The molecular weight excluding hydrogens is 606 g/mol. The van der Waals surface area contributed by atoms with Gasteiger partial charge in [-0.3, -0.25) is 15.0 Å². The van der Waals surface area contributed by atoms with E-state index in [0.29, 0.717) is 65.3 Å². The zero-order valence-electron chi connectivity index (χ0n) is 24.4.